The number of rotatable bonds is 7. The van der Waals surface area contributed by atoms with Gasteiger partial charge in [0.25, 0.3) is 0 Å². The minimum Gasteiger partial charge on any atom is -0.462 e. The first-order valence-corrected chi connectivity index (χ1v) is 11.3. The van der Waals surface area contributed by atoms with Crippen LogP contribution in [0.4, 0.5) is 11.4 Å². The Balaban J connectivity index is 1.51. The molecule has 3 aromatic carbocycles. The highest BCUT2D eigenvalue weighted by Crippen LogP contribution is 2.37. The third-order valence-corrected chi connectivity index (χ3v) is 5.71. The maximum Gasteiger partial charge on any atom is 0.338 e. The van der Waals surface area contributed by atoms with Crippen LogP contribution in [0, 0.1) is 0 Å². The topological polar surface area (TPSA) is 98.5 Å². The van der Waals surface area contributed by atoms with Crippen LogP contribution in [0.15, 0.2) is 90.2 Å². The van der Waals surface area contributed by atoms with Crippen molar-refractivity contribution in [3.8, 4) is 0 Å². The van der Waals surface area contributed by atoms with Crippen molar-refractivity contribution in [1.29, 1.82) is 0 Å². The fourth-order valence-corrected chi connectivity index (χ4v) is 4.08. The van der Waals surface area contributed by atoms with Crippen LogP contribution in [-0.2, 0) is 16.1 Å². The van der Waals surface area contributed by atoms with Gasteiger partial charge in [-0.15, -0.1) is 0 Å². The third kappa shape index (κ3) is 4.72. The Hall–Kier alpha value is -4.59. The van der Waals surface area contributed by atoms with Gasteiger partial charge < -0.3 is 10.1 Å². The number of benzene rings is 3. The van der Waals surface area contributed by atoms with Crippen molar-refractivity contribution in [2.45, 2.75) is 19.4 Å². The summed E-state index contributed by atoms with van der Waals surface area (Å²) in [6, 6.07) is 22.6. The second-order valence-electron chi connectivity index (χ2n) is 8.03. The normalized spacial score (nSPS) is 14.9. The molecule has 8 nitrogen and oxygen atoms in total. The van der Waals surface area contributed by atoms with Crippen molar-refractivity contribution >= 4 is 29.0 Å². The molecule has 1 aromatic heterocycles. The zero-order valence-electron chi connectivity index (χ0n) is 19.1. The van der Waals surface area contributed by atoms with E-state index in [1.54, 1.807) is 42.3 Å². The minimum absolute atomic E-state index is 0.190. The Labute approximate surface area is 202 Å². The summed E-state index contributed by atoms with van der Waals surface area (Å²) >= 11 is 0. The molecule has 0 spiro atoms. The van der Waals surface area contributed by atoms with E-state index in [1.165, 1.54) is 0 Å². The van der Waals surface area contributed by atoms with Crippen LogP contribution in [0.3, 0.4) is 0 Å². The Morgan fingerprint density at radius 3 is 2.46 bits per heavy atom. The number of nitrogens with zero attached hydrogens (tertiary/aromatic N) is 4. The molecule has 0 saturated carbocycles. The quantitative estimate of drug-likeness (QED) is 0.323. The lowest BCUT2D eigenvalue weighted by atomic mass is 9.90. The number of aromatic nitrogens is 3. The molecule has 2 heterocycles. The summed E-state index contributed by atoms with van der Waals surface area (Å²) in [7, 11) is 0. The molecular formula is C27H23N5O3. The van der Waals surface area contributed by atoms with Gasteiger partial charge in [-0.1, -0.05) is 48.5 Å². The van der Waals surface area contributed by atoms with E-state index in [2.05, 4.69) is 15.5 Å². The van der Waals surface area contributed by atoms with E-state index >= 15 is 0 Å². The standard InChI is InChI=1S/C27H23N5O3/c1-2-35-27(34)20-10-13-22-23(16-20)31-26(33)24(22)25(19-6-4-3-5-7-19)30-21-11-8-18(9-12-21)17-32-28-14-15-29-32/h3-16,24H,2,17H2,1H3,(H,31,33). The van der Waals surface area contributed by atoms with Gasteiger partial charge in [0.2, 0.25) is 5.91 Å². The van der Waals surface area contributed by atoms with Gasteiger partial charge in [-0.2, -0.15) is 15.0 Å². The second-order valence-corrected chi connectivity index (χ2v) is 8.03. The van der Waals surface area contributed by atoms with Crippen LogP contribution in [0.1, 0.15) is 39.9 Å². The predicted octanol–water partition coefficient (Wildman–Crippen LogP) is 4.36. The van der Waals surface area contributed by atoms with Gasteiger partial charge in [0.05, 0.1) is 42.5 Å². The monoisotopic (exact) mass is 465 g/mol. The molecule has 1 amide bonds. The predicted molar refractivity (Wildman–Crippen MR) is 132 cm³/mol. The Morgan fingerprint density at radius 1 is 1.00 bits per heavy atom. The van der Waals surface area contributed by atoms with E-state index in [-0.39, 0.29) is 12.5 Å². The average molecular weight is 466 g/mol. The number of ether oxygens (including phenoxy) is 1. The molecule has 4 aromatic rings. The van der Waals surface area contributed by atoms with Crippen LogP contribution >= 0.6 is 0 Å². The largest absolute Gasteiger partial charge is 0.462 e. The number of nitrogens with one attached hydrogen (secondary N) is 1. The molecule has 1 N–H and O–H groups in total. The third-order valence-electron chi connectivity index (χ3n) is 5.71. The highest BCUT2D eigenvalue weighted by molar-refractivity contribution is 6.24. The SMILES string of the molecule is CCOC(=O)c1ccc2c(c1)NC(=O)C2C(=Nc1ccc(Cn2nccn2)cc1)c1ccccc1. The van der Waals surface area contributed by atoms with Crippen LogP contribution < -0.4 is 5.32 Å². The lowest BCUT2D eigenvalue weighted by molar-refractivity contribution is -0.115. The molecule has 1 aliphatic heterocycles. The zero-order valence-corrected chi connectivity index (χ0v) is 19.1. The number of carbonyl (C=O) groups is 2. The summed E-state index contributed by atoms with van der Waals surface area (Å²) < 4.78 is 5.09. The van der Waals surface area contributed by atoms with Crippen molar-refractivity contribution in [2.24, 2.45) is 4.99 Å². The zero-order chi connectivity index (χ0) is 24.2. The summed E-state index contributed by atoms with van der Waals surface area (Å²) in [4.78, 5) is 31.8. The van der Waals surface area contributed by atoms with E-state index in [4.69, 9.17) is 9.73 Å². The number of esters is 1. The number of hydrogen-bond donors (Lipinski definition) is 1. The van der Waals surface area contributed by atoms with Crippen molar-refractivity contribution in [1.82, 2.24) is 15.0 Å². The van der Waals surface area contributed by atoms with Gasteiger partial charge >= 0.3 is 5.97 Å². The summed E-state index contributed by atoms with van der Waals surface area (Å²) in [6.07, 6.45) is 3.29. The molecule has 5 rings (SSSR count). The molecule has 1 aliphatic rings. The minimum atomic E-state index is -0.614. The molecule has 0 fully saturated rings. The molecule has 8 heteroatoms. The molecule has 0 aliphatic carbocycles. The lowest BCUT2D eigenvalue weighted by Gasteiger charge is -2.14. The Kier molecular flexibility index (Phi) is 6.17. The number of amides is 1. The fourth-order valence-electron chi connectivity index (χ4n) is 4.08. The smallest absolute Gasteiger partial charge is 0.338 e. The molecule has 174 valence electrons. The van der Waals surface area contributed by atoms with Crippen LogP contribution in [-0.4, -0.2) is 39.2 Å². The Morgan fingerprint density at radius 2 is 1.74 bits per heavy atom. The maximum absolute atomic E-state index is 13.2. The van der Waals surface area contributed by atoms with E-state index in [0.717, 1.165) is 22.4 Å². The van der Waals surface area contributed by atoms with Crippen LogP contribution in [0.25, 0.3) is 0 Å². The number of anilines is 1. The van der Waals surface area contributed by atoms with Gasteiger partial charge in [0, 0.05) is 5.69 Å². The lowest BCUT2D eigenvalue weighted by Crippen LogP contribution is -2.21. The second kappa shape index (κ2) is 9.72. The number of fused-ring (bicyclic) bond motifs is 1. The van der Waals surface area contributed by atoms with Gasteiger partial charge in [-0.05, 0) is 47.9 Å². The van der Waals surface area contributed by atoms with E-state index in [1.807, 2.05) is 54.6 Å². The number of carbonyl (C=O) groups excluding carboxylic acids is 2. The molecular weight excluding hydrogens is 442 g/mol. The van der Waals surface area contributed by atoms with Crippen LogP contribution in [0.2, 0.25) is 0 Å². The molecule has 1 unspecified atom stereocenters. The van der Waals surface area contributed by atoms with Crippen LogP contribution in [0.5, 0.6) is 0 Å². The summed E-state index contributed by atoms with van der Waals surface area (Å²) in [5, 5.41) is 11.2. The van der Waals surface area contributed by atoms with Crippen molar-refractivity contribution in [2.75, 3.05) is 11.9 Å². The van der Waals surface area contributed by atoms with E-state index in [0.29, 0.717) is 23.5 Å². The van der Waals surface area contributed by atoms with Crippen molar-refractivity contribution < 1.29 is 14.3 Å². The van der Waals surface area contributed by atoms with E-state index < -0.39 is 11.9 Å². The van der Waals surface area contributed by atoms with E-state index in [9.17, 15) is 9.59 Å². The highest BCUT2D eigenvalue weighted by Gasteiger charge is 2.36. The first-order chi connectivity index (χ1) is 17.1. The first kappa shape index (κ1) is 22.2. The van der Waals surface area contributed by atoms with Crippen molar-refractivity contribution in [3.63, 3.8) is 0 Å². The molecule has 0 saturated heterocycles. The number of hydrogen-bond acceptors (Lipinski definition) is 6. The highest BCUT2D eigenvalue weighted by atomic mass is 16.5. The molecule has 0 radical (unpaired) electrons. The maximum atomic E-state index is 13.2. The Bertz CT molecular complexity index is 1380. The first-order valence-electron chi connectivity index (χ1n) is 11.3. The summed E-state index contributed by atoms with van der Waals surface area (Å²) in [5.74, 6) is -1.23. The van der Waals surface area contributed by atoms with Gasteiger partial charge in [0.15, 0.2) is 0 Å². The molecule has 35 heavy (non-hydrogen) atoms. The fraction of sp³-hybridized carbons (Fsp3) is 0.148. The summed E-state index contributed by atoms with van der Waals surface area (Å²) in [6.45, 7) is 2.60. The van der Waals surface area contributed by atoms with Gasteiger partial charge in [-0.3, -0.25) is 9.79 Å². The average Bonchev–Trinajstić information content (AvgIpc) is 3.50. The molecule has 1 atom stereocenters. The van der Waals surface area contributed by atoms with Crippen molar-refractivity contribution in [3.05, 3.63) is 107 Å². The van der Waals surface area contributed by atoms with Gasteiger partial charge in [-0.25, -0.2) is 4.79 Å². The van der Waals surface area contributed by atoms with Gasteiger partial charge in [0.1, 0.15) is 5.92 Å². The summed E-state index contributed by atoms with van der Waals surface area (Å²) in [5.41, 5.74) is 5.00. The number of aliphatic imine (C=N–C) groups is 1. The molecule has 0 bridgehead atoms.